The van der Waals surface area contributed by atoms with Gasteiger partial charge in [-0.05, 0) is 105 Å². The molecule has 2 heterocycles. The number of anilines is 1. The van der Waals surface area contributed by atoms with Crippen LogP contribution in [-0.2, 0) is 11.3 Å². The summed E-state index contributed by atoms with van der Waals surface area (Å²) < 4.78 is 5.51. The first-order valence-electron chi connectivity index (χ1n) is 13.3. The van der Waals surface area contributed by atoms with E-state index in [1.807, 2.05) is 48.7 Å². The second-order valence-corrected chi connectivity index (χ2v) is 12.0. The number of thiocarbonyl (C=S) groups is 1. The zero-order valence-corrected chi connectivity index (χ0v) is 25.8. The zero-order valence-electron chi connectivity index (χ0n) is 23.4. The molecule has 0 bridgehead atoms. The van der Waals surface area contributed by atoms with Gasteiger partial charge in [0.15, 0.2) is 5.05 Å². The number of ether oxygens (including phenoxy) is 1. The van der Waals surface area contributed by atoms with Crippen LogP contribution in [0.4, 0.5) is 5.69 Å². The molecule has 7 heteroatoms. The predicted molar refractivity (Wildman–Crippen MR) is 176 cm³/mol. The maximum Gasteiger partial charge on any atom is 0.191 e. The van der Waals surface area contributed by atoms with Crippen molar-refractivity contribution in [2.24, 2.45) is 16.1 Å². The highest BCUT2D eigenvalue weighted by Crippen LogP contribution is 2.36. The fourth-order valence-electron chi connectivity index (χ4n) is 4.87. The van der Waals surface area contributed by atoms with Crippen LogP contribution < -0.4 is 5.32 Å². The number of thiophene rings is 1. The lowest BCUT2D eigenvalue weighted by atomic mass is 9.92. The molecule has 1 aromatic heterocycles. The van der Waals surface area contributed by atoms with Crippen LogP contribution in [0.25, 0.3) is 5.57 Å². The molecule has 0 saturated carbocycles. The van der Waals surface area contributed by atoms with Gasteiger partial charge in [0.05, 0.1) is 5.70 Å². The number of aryl methyl sites for hydroxylation is 2. The average Bonchev–Trinajstić information content (AvgIpc) is 3.43. The summed E-state index contributed by atoms with van der Waals surface area (Å²) in [6.07, 6.45) is 8.43. The largest absolute Gasteiger partial charge is 0.478 e. The summed E-state index contributed by atoms with van der Waals surface area (Å²) in [5.41, 5.74) is 12.1. The predicted octanol–water partition coefficient (Wildman–Crippen LogP) is 9.61. The minimum absolute atomic E-state index is 0.139. The molecule has 206 valence electrons. The summed E-state index contributed by atoms with van der Waals surface area (Å²) in [4.78, 5) is 2.68. The van der Waals surface area contributed by atoms with E-state index in [4.69, 9.17) is 28.6 Å². The molecule has 0 fully saturated rings. The van der Waals surface area contributed by atoms with E-state index in [1.54, 1.807) is 6.21 Å². The Hall–Kier alpha value is -3.28. The maximum atomic E-state index is 6.22. The van der Waals surface area contributed by atoms with Gasteiger partial charge < -0.3 is 10.1 Å². The van der Waals surface area contributed by atoms with E-state index >= 15 is 0 Å². The van der Waals surface area contributed by atoms with Crippen LogP contribution in [0.5, 0.6) is 0 Å². The van der Waals surface area contributed by atoms with Gasteiger partial charge in [-0.15, -0.1) is 17.1 Å². The second-order valence-electron chi connectivity index (χ2n) is 9.75. The smallest absolute Gasteiger partial charge is 0.191 e. The van der Waals surface area contributed by atoms with Crippen molar-refractivity contribution in [2.75, 3.05) is 5.32 Å². The number of hydrogen-bond acceptors (Lipinski definition) is 6. The molecule has 1 N–H and O–H groups in total. The van der Waals surface area contributed by atoms with E-state index in [0.717, 1.165) is 40.4 Å². The van der Waals surface area contributed by atoms with E-state index < -0.39 is 0 Å². The van der Waals surface area contributed by atoms with E-state index in [9.17, 15) is 0 Å². The standard InChI is InChI=1S/C33H34ClN3OS2/c1-6-28(37-29-15-16-31-26(18-29)20-38-33(31)39)17-24(19-36-35-7-2)9-8-10-30(25-11-13-27(34)14-12-25)32-21(3)22(4)40-23(32)5/h7,10-16,18-19,24,37H,1,8-9,17,20H2,2-5H3/b30-10-,35-7+,36-19+/t24-/m0/s1. The van der Waals surface area contributed by atoms with Gasteiger partial charge in [0.25, 0.3) is 0 Å². The van der Waals surface area contributed by atoms with Gasteiger partial charge in [-0.2, -0.15) is 10.2 Å². The molecular formula is C33H34ClN3OS2. The Labute approximate surface area is 251 Å². The van der Waals surface area contributed by atoms with Gasteiger partial charge >= 0.3 is 0 Å². The minimum atomic E-state index is 0.139. The number of fused-ring (bicyclic) bond motifs is 1. The van der Waals surface area contributed by atoms with Crippen molar-refractivity contribution in [3.63, 3.8) is 0 Å². The van der Waals surface area contributed by atoms with Crippen LogP contribution in [0.1, 0.15) is 63.8 Å². The quantitative estimate of drug-likeness (QED) is 0.105. The van der Waals surface area contributed by atoms with Crippen LogP contribution in [-0.4, -0.2) is 17.5 Å². The van der Waals surface area contributed by atoms with Crippen molar-refractivity contribution in [3.8, 4) is 0 Å². The highest BCUT2D eigenvalue weighted by atomic mass is 35.5. The fourth-order valence-corrected chi connectivity index (χ4v) is 6.33. The van der Waals surface area contributed by atoms with Crippen molar-refractivity contribution in [1.82, 2.24) is 0 Å². The molecule has 1 atom stereocenters. The Balaban J connectivity index is 1.55. The third-order valence-electron chi connectivity index (χ3n) is 6.99. The number of nitrogens with one attached hydrogen (secondary N) is 1. The molecule has 0 spiro atoms. The van der Waals surface area contributed by atoms with Gasteiger partial charge in [-0.25, -0.2) is 0 Å². The summed E-state index contributed by atoms with van der Waals surface area (Å²) in [7, 11) is 0. The van der Waals surface area contributed by atoms with E-state index in [1.165, 1.54) is 32.0 Å². The van der Waals surface area contributed by atoms with Crippen LogP contribution in [0.15, 0.2) is 76.8 Å². The molecule has 4 rings (SSSR count). The Morgan fingerprint density at radius 2 is 1.95 bits per heavy atom. The van der Waals surface area contributed by atoms with Gasteiger partial charge in [0.2, 0.25) is 0 Å². The van der Waals surface area contributed by atoms with Crippen molar-refractivity contribution >= 4 is 63.9 Å². The number of allylic oxidation sites excluding steroid dienone is 2. The van der Waals surface area contributed by atoms with Crippen LogP contribution in [0.2, 0.25) is 5.02 Å². The SMILES string of the molecule is C=C=C(C[C@@H](/C=N/N=C/C)CC/C=C(/c1ccc(Cl)cc1)c1c(C)sc(C)c1C)Nc1ccc2c(c1)COC2=S. The van der Waals surface area contributed by atoms with Crippen LogP contribution >= 0.6 is 35.2 Å². The highest BCUT2D eigenvalue weighted by molar-refractivity contribution is 7.80. The summed E-state index contributed by atoms with van der Waals surface area (Å²) in [6, 6.07) is 14.2. The lowest BCUT2D eigenvalue weighted by molar-refractivity contribution is 0.320. The average molecular weight is 588 g/mol. The molecular weight excluding hydrogens is 554 g/mol. The van der Waals surface area contributed by atoms with Gasteiger partial charge in [0.1, 0.15) is 6.61 Å². The molecule has 0 unspecified atom stereocenters. The van der Waals surface area contributed by atoms with Crippen LogP contribution in [0.3, 0.4) is 0 Å². The molecule has 1 aliphatic heterocycles. The van der Waals surface area contributed by atoms with Crippen molar-refractivity contribution in [3.05, 3.63) is 109 Å². The molecule has 1 aliphatic rings. The highest BCUT2D eigenvalue weighted by Gasteiger charge is 2.19. The van der Waals surface area contributed by atoms with E-state index in [2.05, 4.69) is 72.9 Å². The lowest BCUT2D eigenvalue weighted by Gasteiger charge is -2.16. The van der Waals surface area contributed by atoms with Gasteiger partial charge in [-0.1, -0.05) is 36.4 Å². The second kappa shape index (κ2) is 13.9. The van der Waals surface area contributed by atoms with E-state index in [-0.39, 0.29) is 5.92 Å². The monoisotopic (exact) mass is 587 g/mol. The Kier molecular flexibility index (Phi) is 10.3. The minimum Gasteiger partial charge on any atom is -0.478 e. The molecule has 40 heavy (non-hydrogen) atoms. The molecule has 4 nitrogen and oxygen atoms in total. The summed E-state index contributed by atoms with van der Waals surface area (Å²) in [5, 5.41) is 13.1. The number of benzene rings is 2. The van der Waals surface area contributed by atoms with Crippen molar-refractivity contribution in [2.45, 2.75) is 53.6 Å². The van der Waals surface area contributed by atoms with Gasteiger partial charge in [0, 0.05) is 56.4 Å². The first-order chi connectivity index (χ1) is 19.3. The van der Waals surface area contributed by atoms with Crippen LogP contribution in [0, 0.1) is 26.7 Å². The number of hydrogen-bond donors (Lipinski definition) is 1. The third kappa shape index (κ3) is 7.26. The topological polar surface area (TPSA) is 46.0 Å². The lowest BCUT2D eigenvalue weighted by Crippen LogP contribution is -2.09. The normalized spacial score (nSPS) is 13.9. The summed E-state index contributed by atoms with van der Waals surface area (Å²) >= 11 is 13.3. The fraction of sp³-hybridized carbons (Fsp3) is 0.273. The number of rotatable bonds is 11. The third-order valence-corrected chi connectivity index (χ3v) is 8.70. The zero-order chi connectivity index (χ0) is 28.6. The summed E-state index contributed by atoms with van der Waals surface area (Å²) in [6.45, 7) is 12.9. The molecule has 3 aromatic rings. The molecule has 0 aliphatic carbocycles. The number of halogens is 1. The summed E-state index contributed by atoms with van der Waals surface area (Å²) in [5.74, 6) is 0.139. The van der Waals surface area contributed by atoms with E-state index in [0.29, 0.717) is 18.1 Å². The molecule has 0 saturated heterocycles. The first-order valence-corrected chi connectivity index (χ1v) is 14.9. The number of nitrogens with zero attached hydrogens (tertiary/aromatic N) is 2. The maximum absolute atomic E-state index is 6.22. The molecule has 0 amide bonds. The molecule has 0 radical (unpaired) electrons. The Morgan fingerprint density at radius 1 is 1.18 bits per heavy atom. The Morgan fingerprint density at radius 3 is 2.62 bits per heavy atom. The Bertz CT molecular complexity index is 1530. The molecule has 2 aromatic carbocycles. The van der Waals surface area contributed by atoms with Gasteiger partial charge in [-0.3, -0.25) is 0 Å². The first kappa shape index (κ1) is 29.7. The van der Waals surface area contributed by atoms with Crippen molar-refractivity contribution in [1.29, 1.82) is 0 Å². The van der Waals surface area contributed by atoms with Crippen molar-refractivity contribution < 1.29 is 4.74 Å².